The minimum Gasteiger partial charge on any atom is -0.444 e. The third-order valence-corrected chi connectivity index (χ3v) is 2.83. The lowest BCUT2D eigenvalue weighted by atomic mass is 10.1. The molecule has 2 heterocycles. The summed E-state index contributed by atoms with van der Waals surface area (Å²) < 4.78 is 5.29. The van der Waals surface area contributed by atoms with E-state index in [9.17, 15) is 14.4 Å². The van der Waals surface area contributed by atoms with Gasteiger partial charge < -0.3 is 10.2 Å². The van der Waals surface area contributed by atoms with E-state index in [2.05, 4.69) is 10.3 Å². The van der Waals surface area contributed by atoms with Gasteiger partial charge in [-0.3, -0.25) is 24.7 Å². The Morgan fingerprint density at radius 3 is 2.52 bits per heavy atom. The molecule has 21 heavy (non-hydrogen) atoms. The molecule has 0 aliphatic rings. The van der Waals surface area contributed by atoms with Gasteiger partial charge in [0.1, 0.15) is 11.3 Å². The SMILES string of the molecule is CC(=O)c1c(C)oc(NC(=O)c2cccnc2)c1C(N)=O. The fraction of sp³-hybridized carbons (Fsp3) is 0.143. The molecule has 2 aromatic rings. The molecule has 0 aromatic carbocycles. The number of hydrogen-bond donors (Lipinski definition) is 2. The van der Waals surface area contributed by atoms with Crippen LogP contribution in [0.15, 0.2) is 28.9 Å². The van der Waals surface area contributed by atoms with Gasteiger partial charge in [-0.15, -0.1) is 0 Å². The highest BCUT2D eigenvalue weighted by Crippen LogP contribution is 2.27. The van der Waals surface area contributed by atoms with E-state index in [4.69, 9.17) is 10.2 Å². The number of anilines is 1. The normalized spacial score (nSPS) is 10.2. The molecule has 7 nitrogen and oxygen atoms in total. The highest BCUT2D eigenvalue weighted by atomic mass is 16.4. The number of nitrogens with two attached hydrogens (primary N) is 1. The highest BCUT2D eigenvalue weighted by molar-refractivity contribution is 6.13. The zero-order valence-corrected chi connectivity index (χ0v) is 11.5. The number of aryl methyl sites for hydroxylation is 1. The number of furan rings is 1. The van der Waals surface area contributed by atoms with Gasteiger partial charge in [-0.05, 0) is 26.0 Å². The van der Waals surface area contributed by atoms with Crippen LogP contribution in [0.3, 0.4) is 0 Å². The van der Waals surface area contributed by atoms with Crippen molar-refractivity contribution in [2.24, 2.45) is 5.73 Å². The van der Waals surface area contributed by atoms with Crippen LogP contribution in [0.4, 0.5) is 5.88 Å². The van der Waals surface area contributed by atoms with E-state index >= 15 is 0 Å². The fourth-order valence-electron chi connectivity index (χ4n) is 1.96. The standard InChI is InChI=1S/C14H13N3O4/c1-7(18)10-8(2)21-14(11(10)12(15)19)17-13(20)9-4-3-5-16-6-9/h3-6H,1-2H3,(H2,15,19)(H,17,20). The molecule has 0 fully saturated rings. The van der Waals surface area contributed by atoms with Crippen LogP contribution >= 0.6 is 0 Å². The molecule has 7 heteroatoms. The van der Waals surface area contributed by atoms with Crippen LogP contribution in [0.5, 0.6) is 0 Å². The summed E-state index contributed by atoms with van der Waals surface area (Å²) in [6.07, 6.45) is 2.89. The van der Waals surface area contributed by atoms with Crippen molar-refractivity contribution >= 4 is 23.5 Å². The number of nitrogens with zero attached hydrogens (tertiary/aromatic N) is 1. The van der Waals surface area contributed by atoms with E-state index in [0.717, 1.165) is 0 Å². The Morgan fingerprint density at radius 2 is 2.00 bits per heavy atom. The van der Waals surface area contributed by atoms with Crippen molar-refractivity contribution in [3.63, 3.8) is 0 Å². The highest BCUT2D eigenvalue weighted by Gasteiger charge is 2.26. The molecule has 0 atom stereocenters. The molecule has 108 valence electrons. The van der Waals surface area contributed by atoms with E-state index in [1.165, 1.54) is 26.2 Å². The molecule has 2 aromatic heterocycles. The second-order valence-corrected chi connectivity index (χ2v) is 4.35. The first-order chi connectivity index (χ1) is 9.91. The van der Waals surface area contributed by atoms with Gasteiger partial charge in [-0.2, -0.15) is 0 Å². The minimum absolute atomic E-state index is 0.0731. The summed E-state index contributed by atoms with van der Waals surface area (Å²) in [5.41, 5.74) is 5.50. The van der Waals surface area contributed by atoms with E-state index in [1.807, 2.05) is 0 Å². The lowest BCUT2D eigenvalue weighted by molar-refractivity contribution is 0.0974. The summed E-state index contributed by atoms with van der Waals surface area (Å²) >= 11 is 0. The quantitative estimate of drug-likeness (QED) is 0.827. The molecular formula is C14H13N3O4. The molecular weight excluding hydrogens is 274 g/mol. The molecule has 3 N–H and O–H groups in total. The summed E-state index contributed by atoms with van der Waals surface area (Å²) in [6.45, 7) is 2.81. The molecule has 2 rings (SSSR count). The van der Waals surface area contributed by atoms with Crippen LogP contribution in [0.2, 0.25) is 0 Å². The Labute approximate surface area is 120 Å². The smallest absolute Gasteiger partial charge is 0.259 e. The third-order valence-electron chi connectivity index (χ3n) is 2.83. The fourth-order valence-corrected chi connectivity index (χ4v) is 1.96. The predicted molar refractivity (Wildman–Crippen MR) is 74.2 cm³/mol. The number of pyridine rings is 1. The van der Waals surface area contributed by atoms with Crippen LogP contribution in [-0.4, -0.2) is 22.6 Å². The topological polar surface area (TPSA) is 115 Å². The largest absolute Gasteiger partial charge is 0.444 e. The maximum absolute atomic E-state index is 12.0. The van der Waals surface area contributed by atoms with Gasteiger partial charge >= 0.3 is 0 Å². The van der Waals surface area contributed by atoms with E-state index < -0.39 is 11.8 Å². The number of primary amides is 1. The predicted octanol–water partition coefficient (Wildman–Crippen LogP) is 1.54. The number of ketones is 1. The summed E-state index contributed by atoms with van der Waals surface area (Å²) in [6, 6.07) is 3.15. The van der Waals surface area contributed by atoms with Crippen LogP contribution in [0.25, 0.3) is 0 Å². The summed E-state index contributed by atoms with van der Waals surface area (Å²) in [7, 11) is 0. The van der Waals surface area contributed by atoms with Gasteiger partial charge in [0, 0.05) is 12.4 Å². The third kappa shape index (κ3) is 2.81. The molecule has 0 bridgehead atoms. The van der Waals surface area contributed by atoms with E-state index in [1.54, 1.807) is 12.1 Å². The average Bonchev–Trinajstić information content (AvgIpc) is 2.76. The second-order valence-electron chi connectivity index (χ2n) is 4.35. The molecule has 0 saturated heterocycles. The van der Waals surface area contributed by atoms with Crippen LogP contribution < -0.4 is 11.1 Å². The Bertz CT molecular complexity index is 719. The van der Waals surface area contributed by atoms with E-state index in [0.29, 0.717) is 0 Å². The molecule has 0 spiro atoms. The molecule has 0 aliphatic carbocycles. The lowest BCUT2D eigenvalue weighted by Crippen LogP contribution is -2.19. The zero-order valence-electron chi connectivity index (χ0n) is 11.5. The van der Waals surface area contributed by atoms with Crippen molar-refractivity contribution in [3.8, 4) is 0 Å². The van der Waals surface area contributed by atoms with Crippen LogP contribution in [0, 0.1) is 6.92 Å². The van der Waals surface area contributed by atoms with Gasteiger partial charge in [0.15, 0.2) is 5.78 Å². The Hall–Kier alpha value is -2.96. The van der Waals surface area contributed by atoms with Gasteiger partial charge in [0.05, 0.1) is 11.1 Å². The second kappa shape index (κ2) is 5.58. The summed E-state index contributed by atoms with van der Waals surface area (Å²) in [5.74, 6) is -1.66. The van der Waals surface area contributed by atoms with Gasteiger partial charge in [-0.25, -0.2) is 0 Å². The maximum atomic E-state index is 12.0. The van der Waals surface area contributed by atoms with Crippen molar-refractivity contribution in [1.82, 2.24) is 4.98 Å². The molecule has 0 saturated carbocycles. The van der Waals surface area contributed by atoms with Crippen molar-refractivity contribution in [2.45, 2.75) is 13.8 Å². The first kappa shape index (κ1) is 14.4. The van der Waals surface area contributed by atoms with Gasteiger partial charge in [0.2, 0.25) is 5.88 Å². The molecule has 0 unspecified atom stereocenters. The van der Waals surface area contributed by atoms with Gasteiger partial charge in [-0.1, -0.05) is 0 Å². The average molecular weight is 287 g/mol. The number of amides is 2. The number of nitrogens with one attached hydrogen (secondary N) is 1. The van der Waals surface area contributed by atoms with Crippen LogP contribution in [-0.2, 0) is 0 Å². The number of hydrogen-bond acceptors (Lipinski definition) is 5. The Morgan fingerprint density at radius 1 is 1.29 bits per heavy atom. The lowest BCUT2D eigenvalue weighted by Gasteiger charge is -2.03. The summed E-state index contributed by atoms with van der Waals surface area (Å²) in [4.78, 5) is 38.9. The molecule has 0 radical (unpaired) electrons. The van der Waals surface area contributed by atoms with Crippen molar-refractivity contribution < 1.29 is 18.8 Å². The maximum Gasteiger partial charge on any atom is 0.259 e. The van der Waals surface area contributed by atoms with Gasteiger partial charge in [0.25, 0.3) is 11.8 Å². The first-order valence-corrected chi connectivity index (χ1v) is 6.07. The number of carbonyl (C=O) groups excluding carboxylic acids is 3. The number of rotatable bonds is 4. The Kier molecular flexibility index (Phi) is 3.84. The van der Waals surface area contributed by atoms with Crippen LogP contribution in [0.1, 0.15) is 43.8 Å². The monoisotopic (exact) mass is 287 g/mol. The minimum atomic E-state index is -0.849. The van der Waals surface area contributed by atoms with Crippen molar-refractivity contribution in [1.29, 1.82) is 0 Å². The first-order valence-electron chi connectivity index (χ1n) is 6.07. The number of aromatic nitrogens is 1. The van der Waals surface area contributed by atoms with Crippen molar-refractivity contribution in [2.75, 3.05) is 5.32 Å². The number of Topliss-reactive ketones (excluding diaryl/α,β-unsaturated/α-hetero) is 1. The molecule has 0 aliphatic heterocycles. The molecule has 2 amide bonds. The Balaban J connectivity index is 2.41. The number of carbonyl (C=O) groups is 3. The van der Waals surface area contributed by atoms with E-state index in [-0.39, 0.29) is 34.1 Å². The van der Waals surface area contributed by atoms with Crippen molar-refractivity contribution in [3.05, 3.63) is 47.0 Å². The summed E-state index contributed by atoms with van der Waals surface area (Å²) in [5, 5.41) is 2.43. The zero-order chi connectivity index (χ0) is 15.6.